The lowest BCUT2D eigenvalue weighted by molar-refractivity contribution is -0.133. The molecule has 0 aliphatic carbocycles. The predicted octanol–water partition coefficient (Wildman–Crippen LogP) is 1.82. The number of carbonyl (C=O) groups excluding carboxylic acids is 2. The molecule has 1 aromatic rings. The fraction of sp³-hybridized carbons (Fsp3) is 0.385. The highest BCUT2D eigenvalue weighted by Crippen LogP contribution is 2.15. The molecule has 17 heavy (non-hydrogen) atoms. The third kappa shape index (κ3) is 4.36. The van der Waals surface area contributed by atoms with E-state index >= 15 is 0 Å². The van der Waals surface area contributed by atoms with Crippen molar-refractivity contribution in [1.29, 1.82) is 0 Å². The van der Waals surface area contributed by atoms with E-state index in [1.807, 2.05) is 24.3 Å². The summed E-state index contributed by atoms with van der Waals surface area (Å²) in [5.41, 5.74) is 3.54. The maximum absolute atomic E-state index is 11.4. The molecular formula is C13H17NO3. The molecule has 0 aromatic heterocycles. The number of Topliss-reactive ketones (excluding diaryl/α,β-unsaturated/α-hetero) is 1. The number of carbonyl (C=O) groups is 2. The Morgan fingerprint density at radius 2 is 1.82 bits per heavy atom. The molecule has 1 amide bonds. The second-order valence-electron chi connectivity index (χ2n) is 4.32. The van der Waals surface area contributed by atoms with Crippen LogP contribution in [0, 0.1) is 0 Å². The third-order valence-electron chi connectivity index (χ3n) is 2.53. The highest BCUT2D eigenvalue weighted by molar-refractivity contribution is 5.98. The van der Waals surface area contributed by atoms with E-state index < -0.39 is 5.91 Å². The second kappa shape index (κ2) is 6.15. The monoisotopic (exact) mass is 235 g/mol. The first-order valence-electron chi connectivity index (χ1n) is 5.56. The minimum atomic E-state index is -0.672. The van der Waals surface area contributed by atoms with Crippen LogP contribution in [0.5, 0.6) is 0 Å². The molecule has 0 aliphatic rings. The highest BCUT2D eigenvalue weighted by atomic mass is 16.5. The van der Waals surface area contributed by atoms with Gasteiger partial charge in [-0.1, -0.05) is 38.1 Å². The Balaban J connectivity index is 2.57. The summed E-state index contributed by atoms with van der Waals surface area (Å²) < 4.78 is 0. The summed E-state index contributed by atoms with van der Waals surface area (Å²) in [6, 6.07) is 7.76. The van der Waals surface area contributed by atoms with Gasteiger partial charge >= 0.3 is 0 Å². The molecule has 0 fully saturated rings. The van der Waals surface area contributed by atoms with Gasteiger partial charge in [0, 0.05) is 6.42 Å². The van der Waals surface area contributed by atoms with Gasteiger partial charge in [-0.3, -0.25) is 14.8 Å². The standard InChI is InChI=1S/C13H17NO3/c1-9(2)11-5-3-10(4-6-11)7-12(15)8-13(16)14-17/h3-6,9,17H,7-8H2,1-2H3,(H,14,16). The molecule has 0 radical (unpaired) electrons. The minimum Gasteiger partial charge on any atom is -0.299 e. The average molecular weight is 235 g/mol. The lowest BCUT2D eigenvalue weighted by Crippen LogP contribution is -2.22. The van der Waals surface area contributed by atoms with Crippen LogP contribution in [0.15, 0.2) is 24.3 Å². The lowest BCUT2D eigenvalue weighted by Gasteiger charge is -2.06. The molecule has 1 rings (SSSR count). The van der Waals surface area contributed by atoms with E-state index in [1.165, 1.54) is 11.0 Å². The molecule has 2 N–H and O–H groups in total. The molecule has 4 heteroatoms. The van der Waals surface area contributed by atoms with Crippen molar-refractivity contribution in [3.05, 3.63) is 35.4 Å². The molecule has 92 valence electrons. The maximum atomic E-state index is 11.4. The van der Waals surface area contributed by atoms with E-state index in [4.69, 9.17) is 5.21 Å². The van der Waals surface area contributed by atoms with Crippen LogP contribution in [0.2, 0.25) is 0 Å². The Hall–Kier alpha value is -1.68. The van der Waals surface area contributed by atoms with Gasteiger partial charge in [0.05, 0.1) is 6.42 Å². The number of amides is 1. The summed E-state index contributed by atoms with van der Waals surface area (Å²) >= 11 is 0. The molecule has 0 unspecified atom stereocenters. The predicted molar refractivity (Wildman–Crippen MR) is 63.8 cm³/mol. The van der Waals surface area contributed by atoms with Crippen molar-refractivity contribution >= 4 is 11.7 Å². The van der Waals surface area contributed by atoms with E-state index in [9.17, 15) is 9.59 Å². The first-order valence-corrected chi connectivity index (χ1v) is 5.56. The lowest BCUT2D eigenvalue weighted by atomic mass is 9.99. The Labute approximate surface area is 101 Å². The maximum Gasteiger partial charge on any atom is 0.250 e. The minimum absolute atomic E-state index is 0.214. The summed E-state index contributed by atoms with van der Waals surface area (Å²) in [7, 11) is 0. The molecule has 0 bridgehead atoms. The summed E-state index contributed by atoms with van der Waals surface area (Å²) in [4.78, 5) is 22.2. The first kappa shape index (κ1) is 13.4. The largest absolute Gasteiger partial charge is 0.299 e. The van der Waals surface area contributed by atoms with E-state index in [2.05, 4.69) is 13.8 Å². The summed E-state index contributed by atoms with van der Waals surface area (Å²) in [5.74, 6) is -0.428. The zero-order valence-corrected chi connectivity index (χ0v) is 10.1. The summed E-state index contributed by atoms with van der Waals surface area (Å²) in [6.07, 6.45) is -0.0752. The van der Waals surface area contributed by atoms with Crippen LogP contribution in [0.25, 0.3) is 0 Å². The Bertz CT molecular complexity index is 396. The molecule has 0 saturated heterocycles. The van der Waals surface area contributed by atoms with Crippen molar-refractivity contribution in [2.45, 2.75) is 32.6 Å². The van der Waals surface area contributed by atoms with Gasteiger partial charge < -0.3 is 0 Å². The van der Waals surface area contributed by atoms with E-state index in [0.717, 1.165) is 5.56 Å². The normalized spacial score (nSPS) is 10.4. The van der Waals surface area contributed by atoms with Gasteiger partial charge in [0.15, 0.2) is 0 Å². The van der Waals surface area contributed by atoms with Crippen molar-refractivity contribution in [3.8, 4) is 0 Å². The number of hydroxylamine groups is 1. The Morgan fingerprint density at radius 3 is 2.29 bits per heavy atom. The van der Waals surface area contributed by atoms with E-state index in [0.29, 0.717) is 5.92 Å². The zero-order chi connectivity index (χ0) is 12.8. The Morgan fingerprint density at radius 1 is 1.24 bits per heavy atom. The number of rotatable bonds is 5. The van der Waals surface area contributed by atoms with E-state index in [-0.39, 0.29) is 18.6 Å². The highest BCUT2D eigenvalue weighted by Gasteiger charge is 2.09. The molecule has 0 atom stereocenters. The second-order valence-corrected chi connectivity index (χ2v) is 4.32. The van der Waals surface area contributed by atoms with Crippen molar-refractivity contribution in [1.82, 2.24) is 5.48 Å². The van der Waals surface area contributed by atoms with Crippen LogP contribution < -0.4 is 5.48 Å². The van der Waals surface area contributed by atoms with Gasteiger partial charge in [0.2, 0.25) is 0 Å². The molecule has 1 aromatic carbocycles. The molecule has 0 heterocycles. The number of hydrogen-bond acceptors (Lipinski definition) is 3. The number of ketones is 1. The fourth-order valence-electron chi connectivity index (χ4n) is 1.53. The van der Waals surface area contributed by atoms with Crippen molar-refractivity contribution < 1.29 is 14.8 Å². The number of hydrogen-bond donors (Lipinski definition) is 2. The van der Waals surface area contributed by atoms with Gasteiger partial charge in [-0.15, -0.1) is 0 Å². The van der Waals surface area contributed by atoms with E-state index in [1.54, 1.807) is 0 Å². The molecule has 0 spiro atoms. The van der Waals surface area contributed by atoms with Crippen LogP contribution in [0.4, 0.5) is 0 Å². The van der Waals surface area contributed by atoms with Gasteiger partial charge in [-0.05, 0) is 17.0 Å². The third-order valence-corrected chi connectivity index (χ3v) is 2.53. The van der Waals surface area contributed by atoms with Crippen molar-refractivity contribution in [2.75, 3.05) is 0 Å². The summed E-state index contributed by atoms with van der Waals surface area (Å²) in [5, 5.41) is 8.30. The van der Waals surface area contributed by atoms with Gasteiger partial charge in [0.1, 0.15) is 5.78 Å². The topological polar surface area (TPSA) is 66.4 Å². The Kier molecular flexibility index (Phi) is 4.84. The number of nitrogens with one attached hydrogen (secondary N) is 1. The number of benzene rings is 1. The van der Waals surface area contributed by atoms with Gasteiger partial charge in [-0.2, -0.15) is 0 Å². The van der Waals surface area contributed by atoms with Crippen LogP contribution in [-0.2, 0) is 16.0 Å². The average Bonchev–Trinajstić information content (AvgIpc) is 2.29. The van der Waals surface area contributed by atoms with Crippen LogP contribution >= 0.6 is 0 Å². The smallest absolute Gasteiger partial charge is 0.250 e. The van der Waals surface area contributed by atoms with Gasteiger partial charge in [0.25, 0.3) is 5.91 Å². The van der Waals surface area contributed by atoms with Crippen molar-refractivity contribution in [3.63, 3.8) is 0 Å². The molecular weight excluding hydrogens is 218 g/mol. The fourth-order valence-corrected chi connectivity index (χ4v) is 1.53. The van der Waals surface area contributed by atoms with Gasteiger partial charge in [-0.25, -0.2) is 5.48 Å². The molecule has 4 nitrogen and oxygen atoms in total. The quantitative estimate of drug-likeness (QED) is 0.464. The zero-order valence-electron chi connectivity index (χ0n) is 10.1. The van der Waals surface area contributed by atoms with Crippen LogP contribution in [0.3, 0.4) is 0 Å². The van der Waals surface area contributed by atoms with Crippen LogP contribution in [0.1, 0.15) is 37.3 Å². The summed E-state index contributed by atoms with van der Waals surface area (Å²) in [6.45, 7) is 4.21. The first-order chi connectivity index (χ1) is 8.02. The van der Waals surface area contributed by atoms with Crippen LogP contribution in [-0.4, -0.2) is 16.9 Å². The molecule has 0 aliphatic heterocycles. The molecule has 0 saturated carbocycles. The van der Waals surface area contributed by atoms with Crippen molar-refractivity contribution in [2.24, 2.45) is 0 Å². The SMILES string of the molecule is CC(C)c1ccc(CC(=O)CC(=O)NO)cc1.